The second kappa shape index (κ2) is 6.47. The number of hydrogen-bond acceptors (Lipinski definition) is 6. The van der Waals surface area contributed by atoms with Gasteiger partial charge < -0.3 is 14.8 Å². The van der Waals surface area contributed by atoms with Crippen molar-refractivity contribution in [1.82, 2.24) is 4.98 Å². The average molecular weight is 346 g/mol. The van der Waals surface area contributed by atoms with Crippen LogP contribution in [0.15, 0.2) is 16.7 Å². The largest absolute Gasteiger partial charge is 0.381 e. The third-order valence-electron chi connectivity index (χ3n) is 3.45. The summed E-state index contributed by atoms with van der Waals surface area (Å²) in [6.45, 7) is 1.72. The van der Waals surface area contributed by atoms with Gasteiger partial charge in [0.15, 0.2) is 0 Å². The molecule has 110 valence electrons. The van der Waals surface area contributed by atoms with Gasteiger partial charge in [-0.3, -0.25) is 10.1 Å². The first-order valence-electron chi connectivity index (χ1n) is 6.23. The molecule has 0 amide bonds. The van der Waals surface area contributed by atoms with E-state index in [0.29, 0.717) is 24.2 Å². The molecule has 0 aliphatic carbocycles. The molecule has 20 heavy (non-hydrogen) atoms. The van der Waals surface area contributed by atoms with Crippen LogP contribution in [0.3, 0.4) is 0 Å². The van der Waals surface area contributed by atoms with E-state index in [1.165, 1.54) is 12.3 Å². The van der Waals surface area contributed by atoms with Crippen LogP contribution in [-0.4, -0.2) is 42.4 Å². The van der Waals surface area contributed by atoms with E-state index < -0.39 is 4.92 Å². The summed E-state index contributed by atoms with van der Waals surface area (Å²) in [6, 6.07) is 1.43. The molecule has 0 spiro atoms. The molecule has 7 nitrogen and oxygen atoms in total. The molecule has 1 N–H and O–H groups in total. The van der Waals surface area contributed by atoms with E-state index in [1.54, 1.807) is 7.11 Å². The van der Waals surface area contributed by atoms with Crippen molar-refractivity contribution in [1.29, 1.82) is 0 Å². The molecule has 1 aliphatic heterocycles. The fraction of sp³-hybridized carbons (Fsp3) is 0.583. The van der Waals surface area contributed by atoms with Crippen LogP contribution in [0.1, 0.15) is 12.8 Å². The lowest BCUT2D eigenvalue weighted by atomic mass is 9.94. The van der Waals surface area contributed by atoms with Crippen LogP contribution in [0, 0.1) is 10.1 Å². The van der Waals surface area contributed by atoms with Gasteiger partial charge >= 0.3 is 5.69 Å². The van der Waals surface area contributed by atoms with Crippen LogP contribution in [0.5, 0.6) is 0 Å². The molecule has 1 fully saturated rings. The average Bonchev–Trinajstić information content (AvgIpc) is 2.47. The van der Waals surface area contributed by atoms with Gasteiger partial charge in [0.05, 0.1) is 10.5 Å². The Balaban J connectivity index is 2.11. The number of nitrogens with one attached hydrogen (secondary N) is 1. The van der Waals surface area contributed by atoms with Crippen molar-refractivity contribution in [2.24, 2.45) is 0 Å². The van der Waals surface area contributed by atoms with Crippen LogP contribution in [-0.2, 0) is 9.47 Å². The second-order valence-electron chi connectivity index (χ2n) is 4.63. The zero-order chi connectivity index (χ0) is 14.6. The predicted octanol–water partition coefficient (Wildman–Crippen LogP) is 2.36. The summed E-state index contributed by atoms with van der Waals surface area (Å²) in [4.78, 5) is 14.6. The Morgan fingerprint density at radius 3 is 2.90 bits per heavy atom. The van der Waals surface area contributed by atoms with E-state index in [-0.39, 0.29) is 17.1 Å². The molecule has 0 saturated carbocycles. The highest BCUT2D eigenvalue weighted by atomic mass is 79.9. The van der Waals surface area contributed by atoms with Crippen LogP contribution in [0.2, 0.25) is 0 Å². The fourth-order valence-electron chi connectivity index (χ4n) is 2.15. The van der Waals surface area contributed by atoms with Gasteiger partial charge in [0, 0.05) is 56.4 Å². The normalized spacial score (nSPS) is 17.7. The number of rotatable bonds is 5. The number of hydrogen-bond donors (Lipinski definition) is 1. The monoisotopic (exact) mass is 345 g/mol. The maximum absolute atomic E-state index is 11.0. The van der Waals surface area contributed by atoms with Crippen LogP contribution in [0.25, 0.3) is 0 Å². The summed E-state index contributed by atoms with van der Waals surface area (Å²) in [7, 11) is 1.65. The summed E-state index contributed by atoms with van der Waals surface area (Å²) in [5.74, 6) is 0.251. The molecular weight excluding hydrogens is 330 g/mol. The van der Waals surface area contributed by atoms with Gasteiger partial charge in [0.25, 0.3) is 0 Å². The Hall–Kier alpha value is -1.25. The quantitative estimate of drug-likeness (QED) is 0.651. The van der Waals surface area contributed by atoms with Crippen LogP contribution >= 0.6 is 15.9 Å². The van der Waals surface area contributed by atoms with Gasteiger partial charge in [-0.15, -0.1) is 0 Å². The Morgan fingerprint density at radius 2 is 2.30 bits per heavy atom. The van der Waals surface area contributed by atoms with Crippen molar-refractivity contribution in [3.8, 4) is 0 Å². The minimum absolute atomic E-state index is 0.0577. The maximum atomic E-state index is 11.0. The number of halogens is 1. The molecule has 0 atom stereocenters. The third-order valence-corrected chi connectivity index (χ3v) is 3.88. The number of methoxy groups -OCH3 is 1. The molecule has 0 aromatic carbocycles. The first-order valence-corrected chi connectivity index (χ1v) is 7.02. The zero-order valence-electron chi connectivity index (χ0n) is 11.1. The van der Waals surface area contributed by atoms with E-state index in [2.05, 4.69) is 26.2 Å². The molecule has 0 unspecified atom stereocenters. The molecule has 1 aromatic rings. The first-order chi connectivity index (χ1) is 9.56. The number of nitrogens with zero attached hydrogens (tertiary/aromatic N) is 2. The first kappa shape index (κ1) is 15.1. The highest BCUT2D eigenvalue weighted by Crippen LogP contribution is 2.28. The highest BCUT2D eigenvalue weighted by Gasteiger charge is 2.33. The fourth-order valence-corrected chi connectivity index (χ4v) is 2.46. The van der Waals surface area contributed by atoms with Crippen molar-refractivity contribution in [2.75, 3.05) is 32.2 Å². The summed E-state index contributed by atoms with van der Waals surface area (Å²) < 4.78 is 11.5. The summed E-state index contributed by atoms with van der Waals surface area (Å²) in [6.07, 6.45) is 3.03. The lowest BCUT2D eigenvalue weighted by Gasteiger charge is -2.36. The highest BCUT2D eigenvalue weighted by molar-refractivity contribution is 9.10. The van der Waals surface area contributed by atoms with Crippen molar-refractivity contribution >= 4 is 27.4 Å². The number of nitro groups is 1. The molecule has 2 heterocycles. The summed E-state index contributed by atoms with van der Waals surface area (Å²) in [5.41, 5.74) is -0.418. The van der Waals surface area contributed by atoms with E-state index in [1.807, 2.05) is 0 Å². The number of anilines is 1. The van der Waals surface area contributed by atoms with E-state index in [4.69, 9.17) is 9.47 Å². The lowest BCUT2D eigenvalue weighted by Crippen LogP contribution is -2.44. The summed E-state index contributed by atoms with van der Waals surface area (Å²) >= 11 is 3.18. The summed E-state index contributed by atoms with van der Waals surface area (Å²) in [5, 5.41) is 14.1. The van der Waals surface area contributed by atoms with E-state index in [0.717, 1.165) is 12.8 Å². The van der Waals surface area contributed by atoms with Crippen molar-refractivity contribution in [3.63, 3.8) is 0 Å². The van der Waals surface area contributed by atoms with Crippen LogP contribution in [0.4, 0.5) is 11.5 Å². The maximum Gasteiger partial charge on any atom is 0.312 e. The van der Waals surface area contributed by atoms with Crippen molar-refractivity contribution in [2.45, 2.75) is 18.4 Å². The predicted molar refractivity (Wildman–Crippen MR) is 76.9 cm³/mol. The number of pyridine rings is 1. The van der Waals surface area contributed by atoms with Crippen molar-refractivity contribution < 1.29 is 14.4 Å². The standard InChI is InChI=1S/C12H16BrN3O4/c1-19-12(2-4-20-5-3-12)8-15-11-10(16(17)18)6-9(13)7-14-11/h6-7H,2-5,8H2,1H3,(H,14,15). The topological polar surface area (TPSA) is 86.5 Å². The molecule has 1 saturated heterocycles. The van der Waals surface area contributed by atoms with E-state index >= 15 is 0 Å². The molecule has 0 radical (unpaired) electrons. The van der Waals surface area contributed by atoms with Gasteiger partial charge in [0.2, 0.25) is 5.82 Å². The van der Waals surface area contributed by atoms with Gasteiger partial charge in [-0.05, 0) is 15.9 Å². The number of ether oxygens (including phenoxy) is 2. The second-order valence-corrected chi connectivity index (χ2v) is 5.55. The molecule has 0 bridgehead atoms. The molecule has 1 aliphatic rings. The van der Waals surface area contributed by atoms with Gasteiger partial charge in [-0.25, -0.2) is 4.98 Å². The van der Waals surface area contributed by atoms with Gasteiger partial charge in [0.1, 0.15) is 0 Å². The zero-order valence-corrected chi connectivity index (χ0v) is 12.7. The van der Waals surface area contributed by atoms with Crippen molar-refractivity contribution in [3.05, 3.63) is 26.9 Å². The number of aromatic nitrogens is 1. The molecular formula is C12H16BrN3O4. The van der Waals surface area contributed by atoms with E-state index in [9.17, 15) is 10.1 Å². The molecule has 2 rings (SSSR count). The minimum atomic E-state index is -0.455. The Kier molecular flexibility index (Phi) is 4.90. The van der Waals surface area contributed by atoms with Gasteiger partial charge in [-0.2, -0.15) is 0 Å². The Bertz CT molecular complexity index is 492. The third kappa shape index (κ3) is 3.44. The molecule has 8 heteroatoms. The SMILES string of the molecule is COC1(CNc2ncc(Br)cc2[N+](=O)[O-])CCOCC1. The Labute approximate surface area is 124 Å². The van der Waals surface area contributed by atoms with Crippen LogP contribution < -0.4 is 5.32 Å². The lowest BCUT2D eigenvalue weighted by molar-refractivity contribution is -0.384. The molecule has 1 aromatic heterocycles. The smallest absolute Gasteiger partial charge is 0.312 e. The van der Waals surface area contributed by atoms with Gasteiger partial charge in [-0.1, -0.05) is 0 Å². The minimum Gasteiger partial charge on any atom is -0.381 e. The Morgan fingerprint density at radius 1 is 1.60 bits per heavy atom.